The van der Waals surface area contributed by atoms with E-state index >= 15 is 0 Å². The van der Waals surface area contributed by atoms with Gasteiger partial charge in [-0.3, -0.25) is 4.79 Å². The van der Waals surface area contributed by atoms with E-state index in [2.05, 4.69) is 11.4 Å². The minimum absolute atomic E-state index is 0.141. The van der Waals surface area contributed by atoms with Crippen molar-refractivity contribution in [1.29, 1.82) is 0 Å². The highest BCUT2D eigenvalue weighted by Gasteiger charge is 2.19. The van der Waals surface area contributed by atoms with E-state index in [4.69, 9.17) is 14.2 Å². The zero-order valence-corrected chi connectivity index (χ0v) is 16.2. The molecular weight excluding hydrogens is 342 g/mol. The van der Waals surface area contributed by atoms with Crippen LogP contribution in [0.4, 0.5) is 0 Å². The van der Waals surface area contributed by atoms with Crippen molar-refractivity contribution in [3.63, 3.8) is 0 Å². The number of amides is 1. The van der Waals surface area contributed by atoms with Gasteiger partial charge in [-0.1, -0.05) is 18.2 Å². The molecule has 2 aromatic rings. The molecule has 3 rings (SSSR count). The number of ether oxygens (including phenoxy) is 3. The summed E-state index contributed by atoms with van der Waals surface area (Å²) in [5, 5.41) is 2.93. The quantitative estimate of drug-likeness (QED) is 0.809. The molecule has 0 radical (unpaired) electrons. The summed E-state index contributed by atoms with van der Waals surface area (Å²) in [6, 6.07) is 11.7. The van der Waals surface area contributed by atoms with E-state index in [9.17, 15) is 4.79 Å². The van der Waals surface area contributed by atoms with Gasteiger partial charge in [0.2, 0.25) is 0 Å². The van der Waals surface area contributed by atoms with Crippen molar-refractivity contribution in [2.45, 2.75) is 45.3 Å². The fourth-order valence-electron chi connectivity index (χ4n) is 3.42. The SMILES string of the molecule is COc1ccc(CNC(=O)[C@@H](C)Oc2cccc3c2CCCC3)cc1OC. The number of carbonyl (C=O) groups is 1. The van der Waals surface area contributed by atoms with Gasteiger partial charge in [-0.2, -0.15) is 0 Å². The van der Waals surface area contributed by atoms with Crippen LogP contribution in [0.15, 0.2) is 36.4 Å². The number of carbonyl (C=O) groups excluding carboxylic acids is 1. The molecule has 1 N–H and O–H groups in total. The Morgan fingerprint density at radius 1 is 1.04 bits per heavy atom. The molecule has 1 atom stereocenters. The number of benzene rings is 2. The number of nitrogens with one attached hydrogen (secondary N) is 1. The molecule has 1 aliphatic carbocycles. The van der Waals surface area contributed by atoms with Crippen LogP contribution >= 0.6 is 0 Å². The van der Waals surface area contributed by atoms with E-state index < -0.39 is 6.10 Å². The van der Waals surface area contributed by atoms with Gasteiger partial charge in [-0.15, -0.1) is 0 Å². The van der Waals surface area contributed by atoms with Crippen LogP contribution in [0.25, 0.3) is 0 Å². The van der Waals surface area contributed by atoms with Crippen molar-refractivity contribution < 1.29 is 19.0 Å². The third-order valence-electron chi connectivity index (χ3n) is 4.94. The van der Waals surface area contributed by atoms with E-state index in [0.29, 0.717) is 18.0 Å². The van der Waals surface area contributed by atoms with Gasteiger partial charge >= 0.3 is 0 Å². The molecule has 5 nitrogen and oxygen atoms in total. The van der Waals surface area contributed by atoms with Crippen LogP contribution in [0.2, 0.25) is 0 Å². The Morgan fingerprint density at radius 3 is 2.59 bits per heavy atom. The number of hydrogen-bond donors (Lipinski definition) is 1. The average Bonchev–Trinajstić information content (AvgIpc) is 2.71. The minimum atomic E-state index is -0.557. The van der Waals surface area contributed by atoms with Crippen LogP contribution in [0.1, 0.15) is 36.5 Å². The Hall–Kier alpha value is -2.69. The molecule has 0 unspecified atom stereocenters. The molecule has 0 fully saturated rings. The molecule has 0 spiro atoms. The fourth-order valence-corrected chi connectivity index (χ4v) is 3.42. The number of hydrogen-bond acceptors (Lipinski definition) is 4. The molecule has 0 heterocycles. The molecule has 0 saturated heterocycles. The molecule has 1 aliphatic rings. The second kappa shape index (κ2) is 8.80. The van der Waals surface area contributed by atoms with Crippen LogP contribution in [0, 0.1) is 0 Å². The summed E-state index contributed by atoms with van der Waals surface area (Å²) in [4.78, 5) is 12.5. The molecule has 144 valence electrons. The van der Waals surface area contributed by atoms with Gasteiger partial charge in [0, 0.05) is 6.54 Å². The first-order valence-electron chi connectivity index (χ1n) is 9.38. The van der Waals surface area contributed by atoms with Gasteiger partial charge in [-0.25, -0.2) is 0 Å². The second-order valence-electron chi connectivity index (χ2n) is 6.77. The lowest BCUT2D eigenvalue weighted by Crippen LogP contribution is -2.36. The van der Waals surface area contributed by atoms with Crippen LogP contribution in [-0.2, 0) is 24.2 Å². The summed E-state index contributed by atoms with van der Waals surface area (Å²) in [7, 11) is 3.19. The Labute approximate surface area is 160 Å². The highest BCUT2D eigenvalue weighted by molar-refractivity contribution is 5.80. The Morgan fingerprint density at radius 2 is 1.81 bits per heavy atom. The fraction of sp³-hybridized carbons (Fsp3) is 0.409. The standard InChI is InChI=1S/C22H27NO4/c1-15(27-19-10-6-8-17-7-4-5-9-18(17)19)22(24)23-14-16-11-12-20(25-2)21(13-16)26-3/h6,8,10-13,15H,4-5,7,9,14H2,1-3H3,(H,23,24)/t15-/m1/s1. The average molecular weight is 369 g/mol. The summed E-state index contributed by atoms with van der Waals surface area (Å²) in [5.74, 6) is 2.00. The zero-order chi connectivity index (χ0) is 19.2. The molecule has 0 bridgehead atoms. The van der Waals surface area contributed by atoms with Gasteiger partial charge in [-0.05, 0) is 67.5 Å². The van der Waals surface area contributed by atoms with Gasteiger partial charge in [0.1, 0.15) is 5.75 Å². The largest absolute Gasteiger partial charge is 0.493 e. The number of rotatable bonds is 7. The van der Waals surface area contributed by atoms with Crippen molar-refractivity contribution in [3.05, 3.63) is 53.1 Å². The van der Waals surface area contributed by atoms with E-state index in [1.54, 1.807) is 21.1 Å². The third-order valence-corrected chi connectivity index (χ3v) is 4.94. The Balaban J connectivity index is 1.60. The first-order valence-corrected chi connectivity index (χ1v) is 9.38. The highest BCUT2D eigenvalue weighted by Crippen LogP contribution is 2.30. The summed E-state index contributed by atoms with van der Waals surface area (Å²) in [5.41, 5.74) is 3.53. The highest BCUT2D eigenvalue weighted by atomic mass is 16.5. The first-order chi connectivity index (χ1) is 13.1. The molecule has 1 amide bonds. The van der Waals surface area contributed by atoms with Gasteiger partial charge in [0.15, 0.2) is 17.6 Å². The lowest BCUT2D eigenvalue weighted by Gasteiger charge is -2.22. The lowest BCUT2D eigenvalue weighted by atomic mass is 9.91. The van der Waals surface area contributed by atoms with E-state index in [0.717, 1.165) is 24.2 Å². The Kier molecular flexibility index (Phi) is 6.22. The third kappa shape index (κ3) is 4.54. The van der Waals surface area contributed by atoms with Crippen LogP contribution in [0.3, 0.4) is 0 Å². The number of fused-ring (bicyclic) bond motifs is 1. The van der Waals surface area contributed by atoms with Crippen molar-refractivity contribution in [2.75, 3.05) is 14.2 Å². The van der Waals surface area contributed by atoms with E-state index in [1.807, 2.05) is 30.3 Å². The summed E-state index contributed by atoms with van der Waals surface area (Å²) < 4.78 is 16.5. The maximum atomic E-state index is 12.5. The maximum Gasteiger partial charge on any atom is 0.261 e. The molecule has 0 aromatic heterocycles. The second-order valence-corrected chi connectivity index (χ2v) is 6.77. The summed E-state index contributed by atoms with van der Waals surface area (Å²) in [6.45, 7) is 2.19. The lowest BCUT2D eigenvalue weighted by molar-refractivity contribution is -0.127. The number of methoxy groups -OCH3 is 2. The van der Waals surface area contributed by atoms with Gasteiger partial charge < -0.3 is 19.5 Å². The van der Waals surface area contributed by atoms with E-state index in [-0.39, 0.29) is 5.91 Å². The molecular formula is C22H27NO4. The van der Waals surface area contributed by atoms with Crippen molar-refractivity contribution in [1.82, 2.24) is 5.32 Å². The van der Waals surface area contributed by atoms with Crippen molar-refractivity contribution in [2.24, 2.45) is 0 Å². The number of aryl methyl sites for hydroxylation is 1. The predicted octanol–water partition coefficient (Wildman–Crippen LogP) is 3.67. The van der Waals surface area contributed by atoms with Crippen LogP contribution in [0.5, 0.6) is 17.2 Å². The molecule has 27 heavy (non-hydrogen) atoms. The minimum Gasteiger partial charge on any atom is -0.493 e. The predicted molar refractivity (Wildman–Crippen MR) is 105 cm³/mol. The zero-order valence-electron chi connectivity index (χ0n) is 16.2. The van der Waals surface area contributed by atoms with Gasteiger partial charge in [0.05, 0.1) is 14.2 Å². The first kappa shape index (κ1) is 19.1. The van der Waals surface area contributed by atoms with Crippen LogP contribution < -0.4 is 19.5 Å². The smallest absolute Gasteiger partial charge is 0.261 e. The summed E-state index contributed by atoms with van der Waals surface area (Å²) >= 11 is 0. The molecule has 2 aromatic carbocycles. The monoisotopic (exact) mass is 369 g/mol. The molecule has 0 aliphatic heterocycles. The van der Waals surface area contributed by atoms with Crippen LogP contribution in [-0.4, -0.2) is 26.2 Å². The maximum absolute atomic E-state index is 12.5. The molecule has 5 heteroatoms. The van der Waals surface area contributed by atoms with Gasteiger partial charge in [0.25, 0.3) is 5.91 Å². The van der Waals surface area contributed by atoms with Crippen molar-refractivity contribution in [3.8, 4) is 17.2 Å². The topological polar surface area (TPSA) is 56.8 Å². The molecule has 0 saturated carbocycles. The summed E-state index contributed by atoms with van der Waals surface area (Å²) in [6.07, 6.45) is 3.95. The van der Waals surface area contributed by atoms with E-state index in [1.165, 1.54) is 24.0 Å². The Bertz CT molecular complexity index is 803. The normalized spacial score (nSPS) is 14.0. The van der Waals surface area contributed by atoms with Crippen molar-refractivity contribution >= 4 is 5.91 Å².